The summed E-state index contributed by atoms with van der Waals surface area (Å²) in [5.41, 5.74) is 1.85. The van der Waals surface area contributed by atoms with Crippen molar-refractivity contribution in [2.75, 3.05) is 0 Å². The molecular formula is C18H18ClN3O3. The highest BCUT2D eigenvalue weighted by Crippen LogP contribution is 2.24. The highest BCUT2D eigenvalue weighted by molar-refractivity contribution is 6.32. The first-order valence-corrected chi connectivity index (χ1v) is 8.14. The van der Waals surface area contributed by atoms with Crippen molar-refractivity contribution in [3.05, 3.63) is 70.4 Å². The van der Waals surface area contributed by atoms with Gasteiger partial charge in [0.1, 0.15) is 18.1 Å². The van der Waals surface area contributed by atoms with Crippen LogP contribution in [0.15, 0.2) is 47.0 Å². The molecule has 0 spiro atoms. The molecule has 6 nitrogen and oxygen atoms in total. The van der Waals surface area contributed by atoms with E-state index >= 15 is 0 Å². The van der Waals surface area contributed by atoms with Crippen LogP contribution in [0.4, 0.5) is 0 Å². The summed E-state index contributed by atoms with van der Waals surface area (Å²) < 4.78 is 12.8. The summed E-state index contributed by atoms with van der Waals surface area (Å²) in [4.78, 5) is 12.2. The van der Waals surface area contributed by atoms with Gasteiger partial charge in [0.25, 0.3) is 5.91 Å². The van der Waals surface area contributed by atoms with E-state index in [9.17, 15) is 4.79 Å². The summed E-state index contributed by atoms with van der Waals surface area (Å²) >= 11 is 6.03. The standard InChI is InChI=1S/C18H18ClN3O3/c1-12-13(10-22(2)21-12)9-20-18(23)17-8-7-14(25-17)11-24-16-6-4-3-5-15(16)19/h3-8,10H,9,11H2,1-2H3,(H,20,23). The number of furan rings is 1. The van der Waals surface area contributed by atoms with Gasteiger partial charge in [-0.3, -0.25) is 9.48 Å². The minimum Gasteiger partial charge on any atom is -0.484 e. The Hall–Kier alpha value is -2.73. The fourth-order valence-corrected chi connectivity index (χ4v) is 2.56. The third-order valence-electron chi connectivity index (χ3n) is 3.65. The Morgan fingerprint density at radius 2 is 2.12 bits per heavy atom. The zero-order valence-corrected chi connectivity index (χ0v) is 14.7. The lowest BCUT2D eigenvalue weighted by molar-refractivity contribution is 0.0919. The van der Waals surface area contributed by atoms with Crippen molar-refractivity contribution in [1.29, 1.82) is 0 Å². The Balaban J connectivity index is 1.56. The molecule has 0 bridgehead atoms. The maximum atomic E-state index is 12.2. The summed E-state index contributed by atoms with van der Waals surface area (Å²) in [6.07, 6.45) is 1.88. The van der Waals surface area contributed by atoms with Crippen LogP contribution in [0.2, 0.25) is 5.02 Å². The molecule has 0 aliphatic heterocycles. The van der Waals surface area contributed by atoms with E-state index in [1.807, 2.05) is 32.3 Å². The maximum absolute atomic E-state index is 12.2. The molecule has 3 rings (SSSR count). The van der Waals surface area contributed by atoms with Crippen molar-refractivity contribution in [1.82, 2.24) is 15.1 Å². The van der Waals surface area contributed by atoms with E-state index < -0.39 is 0 Å². The van der Waals surface area contributed by atoms with Gasteiger partial charge in [0.05, 0.1) is 10.7 Å². The van der Waals surface area contributed by atoms with Crippen LogP contribution in [0.1, 0.15) is 27.6 Å². The van der Waals surface area contributed by atoms with E-state index in [1.165, 1.54) is 0 Å². The molecule has 0 saturated heterocycles. The van der Waals surface area contributed by atoms with Crippen molar-refractivity contribution in [3.63, 3.8) is 0 Å². The predicted molar refractivity (Wildman–Crippen MR) is 93.6 cm³/mol. The highest BCUT2D eigenvalue weighted by Gasteiger charge is 2.13. The zero-order chi connectivity index (χ0) is 17.8. The quantitative estimate of drug-likeness (QED) is 0.731. The number of aryl methyl sites for hydroxylation is 2. The largest absolute Gasteiger partial charge is 0.484 e. The normalized spacial score (nSPS) is 10.7. The number of hydrogen-bond donors (Lipinski definition) is 1. The first-order valence-electron chi connectivity index (χ1n) is 7.76. The second-order valence-corrected chi connectivity index (χ2v) is 5.99. The fraction of sp³-hybridized carbons (Fsp3) is 0.222. The van der Waals surface area contributed by atoms with Gasteiger partial charge in [-0.15, -0.1) is 0 Å². The molecule has 1 amide bonds. The van der Waals surface area contributed by atoms with Crippen LogP contribution in [0.25, 0.3) is 0 Å². The summed E-state index contributed by atoms with van der Waals surface area (Å²) in [6, 6.07) is 10.5. The molecule has 25 heavy (non-hydrogen) atoms. The van der Waals surface area contributed by atoms with Crippen molar-refractivity contribution in [2.45, 2.75) is 20.1 Å². The van der Waals surface area contributed by atoms with E-state index in [-0.39, 0.29) is 18.3 Å². The Morgan fingerprint density at radius 1 is 1.32 bits per heavy atom. The van der Waals surface area contributed by atoms with E-state index in [1.54, 1.807) is 28.9 Å². The molecule has 0 fully saturated rings. The molecule has 0 saturated carbocycles. The second-order valence-electron chi connectivity index (χ2n) is 5.58. The number of amides is 1. The van der Waals surface area contributed by atoms with Gasteiger partial charge >= 0.3 is 0 Å². The summed E-state index contributed by atoms with van der Waals surface area (Å²) in [5.74, 6) is 1.06. The fourth-order valence-electron chi connectivity index (χ4n) is 2.37. The SMILES string of the molecule is Cc1nn(C)cc1CNC(=O)c1ccc(COc2ccccc2Cl)o1. The number of hydrogen-bond acceptors (Lipinski definition) is 4. The van der Waals surface area contributed by atoms with Crippen LogP contribution in [0.5, 0.6) is 5.75 Å². The number of halogens is 1. The second kappa shape index (κ2) is 7.44. The molecule has 0 unspecified atom stereocenters. The predicted octanol–water partition coefficient (Wildman–Crippen LogP) is 3.48. The van der Waals surface area contributed by atoms with Gasteiger partial charge in [0.2, 0.25) is 0 Å². The van der Waals surface area contributed by atoms with Crippen LogP contribution in [-0.2, 0) is 20.2 Å². The van der Waals surface area contributed by atoms with Crippen LogP contribution < -0.4 is 10.1 Å². The highest BCUT2D eigenvalue weighted by atomic mass is 35.5. The first-order chi connectivity index (χ1) is 12.0. The average molecular weight is 360 g/mol. The lowest BCUT2D eigenvalue weighted by Crippen LogP contribution is -2.22. The Bertz CT molecular complexity index is 885. The Morgan fingerprint density at radius 3 is 2.84 bits per heavy atom. The van der Waals surface area contributed by atoms with E-state index in [2.05, 4.69) is 10.4 Å². The lowest BCUT2D eigenvalue weighted by Gasteiger charge is -2.05. The van der Waals surface area contributed by atoms with Crippen LogP contribution in [-0.4, -0.2) is 15.7 Å². The van der Waals surface area contributed by atoms with Gasteiger partial charge < -0.3 is 14.5 Å². The maximum Gasteiger partial charge on any atom is 0.287 e. The Kier molecular flexibility index (Phi) is 5.09. The number of nitrogens with zero attached hydrogens (tertiary/aromatic N) is 2. The molecule has 1 N–H and O–H groups in total. The van der Waals surface area contributed by atoms with Crippen LogP contribution >= 0.6 is 11.6 Å². The molecule has 3 aromatic rings. The average Bonchev–Trinajstić information content (AvgIpc) is 3.18. The molecule has 0 aliphatic carbocycles. The van der Waals surface area contributed by atoms with E-state index in [4.69, 9.17) is 20.8 Å². The topological polar surface area (TPSA) is 69.3 Å². The van der Waals surface area contributed by atoms with Crippen molar-refractivity contribution < 1.29 is 13.9 Å². The van der Waals surface area contributed by atoms with E-state index in [0.717, 1.165) is 11.3 Å². The monoisotopic (exact) mass is 359 g/mol. The van der Waals surface area contributed by atoms with Crippen molar-refractivity contribution in [3.8, 4) is 5.75 Å². The number of aromatic nitrogens is 2. The van der Waals surface area contributed by atoms with Gasteiger partial charge in [0, 0.05) is 25.4 Å². The number of carbonyl (C=O) groups excluding carboxylic acids is 1. The van der Waals surface area contributed by atoms with Gasteiger partial charge in [-0.1, -0.05) is 23.7 Å². The number of rotatable bonds is 6. The molecular weight excluding hydrogens is 342 g/mol. The molecule has 1 aromatic carbocycles. The first kappa shape index (κ1) is 17.1. The van der Waals surface area contributed by atoms with Crippen molar-refractivity contribution in [2.24, 2.45) is 7.05 Å². The lowest BCUT2D eigenvalue weighted by atomic mass is 10.2. The molecule has 2 aromatic heterocycles. The zero-order valence-electron chi connectivity index (χ0n) is 14.0. The number of benzene rings is 1. The smallest absolute Gasteiger partial charge is 0.287 e. The third kappa shape index (κ3) is 4.22. The molecule has 0 radical (unpaired) electrons. The molecule has 130 valence electrons. The van der Waals surface area contributed by atoms with Crippen LogP contribution in [0.3, 0.4) is 0 Å². The summed E-state index contributed by atoms with van der Waals surface area (Å²) in [5, 5.41) is 7.59. The Labute approximate surface area is 150 Å². The number of nitrogens with one attached hydrogen (secondary N) is 1. The van der Waals surface area contributed by atoms with Gasteiger partial charge in [-0.25, -0.2) is 0 Å². The number of para-hydroxylation sites is 1. The van der Waals surface area contributed by atoms with Gasteiger partial charge in [0.15, 0.2) is 5.76 Å². The number of ether oxygens (including phenoxy) is 1. The number of carbonyl (C=O) groups is 1. The van der Waals surface area contributed by atoms with Gasteiger partial charge in [-0.05, 0) is 31.2 Å². The minimum atomic E-state index is -0.285. The molecule has 0 aliphatic rings. The molecule has 0 atom stereocenters. The summed E-state index contributed by atoms with van der Waals surface area (Å²) in [6.45, 7) is 2.49. The van der Waals surface area contributed by atoms with Crippen molar-refractivity contribution >= 4 is 17.5 Å². The van der Waals surface area contributed by atoms with Gasteiger partial charge in [-0.2, -0.15) is 5.10 Å². The third-order valence-corrected chi connectivity index (χ3v) is 3.96. The van der Waals surface area contributed by atoms with E-state index in [0.29, 0.717) is 23.1 Å². The summed E-state index contributed by atoms with van der Waals surface area (Å²) in [7, 11) is 1.84. The van der Waals surface area contributed by atoms with Crippen LogP contribution in [0, 0.1) is 6.92 Å². The molecule has 7 heteroatoms. The minimum absolute atomic E-state index is 0.193. The molecule has 2 heterocycles.